The van der Waals surface area contributed by atoms with Crippen molar-refractivity contribution in [3.63, 3.8) is 0 Å². The number of hydrogen-bond acceptors (Lipinski definition) is 7. The van der Waals surface area contributed by atoms with Crippen LogP contribution in [-0.2, 0) is 0 Å². The quantitative estimate of drug-likeness (QED) is 0.898. The Morgan fingerprint density at radius 3 is 2.55 bits per heavy atom. The molecule has 3 rings (SSSR count). The zero-order valence-electron chi connectivity index (χ0n) is 9.91. The third-order valence-corrected chi connectivity index (χ3v) is 4.28. The van der Waals surface area contributed by atoms with Crippen LogP contribution in [0.15, 0.2) is 11.6 Å². The van der Waals surface area contributed by atoms with Crippen molar-refractivity contribution < 1.29 is 24.2 Å². The molecule has 0 unspecified atom stereocenters. The lowest BCUT2D eigenvalue weighted by Gasteiger charge is -2.16. The Bertz CT molecular complexity index is 665. The summed E-state index contributed by atoms with van der Waals surface area (Å²) in [5.74, 6) is -1.30. The molecule has 7 nitrogen and oxygen atoms in total. The molecule has 9 heteroatoms. The van der Waals surface area contributed by atoms with Crippen molar-refractivity contribution in [1.29, 1.82) is 0 Å². The third-order valence-electron chi connectivity index (χ3n) is 2.45. The van der Waals surface area contributed by atoms with Gasteiger partial charge in [0.2, 0.25) is 0 Å². The summed E-state index contributed by atoms with van der Waals surface area (Å²) in [5.41, 5.74) is 0. The van der Waals surface area contributed by atoms with Crippen LogP contribution in [0.4, 0.5) is 5.13 Å². The molecule has 0 fully saturated rings. The van der Waals surface area contributed by atoms with Gasteiger partial charge in [0.15, 0.2) is 21.5 Å². The number of carbonyl (C=O) groups excluding carboxylic acids is 1. The SMILES string of the molecule is O=C(O)c1sc(C(=O)Nc2nccs2)c2c1OCCO2. The highest BCUT2D eigenvalue weighted by Crippen LogP contribution is 2.44. The fourth-order valence-corrected chi connectivity index (χ4v) is 3.13. The summed E-state index contributed by atoms with van der Waals surface area (Å²) in [6.07, 6.45) is 1.56. The Morgan fingerprint density at radius 2 is 1.95 bits per heavy atom. The van der Waals surface area contributed by atoms with Gasteiger partial charge in [0.25, 0.3) is 5.91 Å². The van der Waals surface area contributed by atoms with E-state index in [1.165, 1.54) is 11.3 Å². The largest absolute Gasteiger partial charge is 0.484 e. The van der Waals surface area contributed by atoms with Crippen LogP contribution in [0.5, 0.6) is 11.5 Å². The van der Waals surface area contributed by atoms with Crippen LogP contribution in [0.2, 0.25) is 0 Å². The molecule has 20 heavy (non-hydrogen) atoms. The van der Waals surface area contributed by atoms with Gasteiger partial charge in [0.1, 0.15) is 18.1 Å². The molecule has 0 atom stereocenters. The number of carboxylic acid groups (broad SMARTS) is 1. The molecular formula is C11H8N2O5S2. The van der Waals surface area contributed by atoms with E-state index in [0.717, 1.165) is 11.3 Å². The number of nitrogens with zero attached hydrogens (tertiary/aromatic N) is 1. The number of carboxylic acids is 1. The maximum absolute atomic E-state index is 12.2. The van der Waals surface area contributed by atoms with Crippen molar-refractivity contribution in [1.82, 2.24) is 4.98 Å². The van der Waals surface area contributed by atoms with E-state index >= 15 is 0 Å². The number of fused-ring (bicyclic) bond motifs is 1. The van der Waals surface area contributed by atoms with Crippen LogP contribution in [0.25, 0.3) is 0 Å². The normalized spacial score (nSPS) is 13.0. The average molecular weight is 312 g/mol. The van der Waals surface area contributed by atoms with Crippen molar-refractivity contribution in [3.05, 3.63) is 21.3 Å². The first-order chi connectivity index (χ1) is 9.66. The number of rotatable bonds is 3. The molecule has 0 spiro atoms. The minimum Gasteiger partial charge on any atom is -0.484 e. The number of thiazole rings is 1. The van der Waals surface area contributed by atoms with E-state index in [9.17, 15) is 9.59 Å². The highest BCUT2D eigenvalue weighted by Gasteiger charge is 2.31. The fourth-order valence-electron chi connectivity index (χ4n) is 1.68. The van der Waals surface area contributed by atoms with Crippen LogP contribution >= 0.6 is 22.7 Å². The fraction of sp³-hybridized carbons (Fsp3) is 0.182. The number of anilines is 1. The van der Waals surface area contributed by atoms with E-state index in [4.69, 9.17) is 14.6 Å². The van der Waals surface area contributed by atoms with Gasteiger partial charge in [0.05, 0.1) is 0 Å². The molecule has 0 saturated carbocycles. The van der Waals surface area contributed by atoms with Crippen molar-refractivity contribution in [2.45, 2.75) is 0 Å². The molecular weight excluding hydrogens is 304 g/mol. The maximum Gasteiger partial charge on any atom is 0.349 e. The maximum atomic E-state index is 12.2. The third kappa shape index (κ3) is 2.21. The van der Waals surface area contributed by atoms with Gasteiger partial charge in [-0.05, 0) is 0 Å². The van der Waals surface area contributed by atoms with Crippen molar-refractivity contribution >= 4 is 39.7 Å². The summed E-state index contributed by atoms with van der Waals surface area (Å²) in [6, 6.07) is 0. The summed E-state index contributed by atoms with van der Waals surface area (Å²) in [6.45, 7) is 0.540. The van der Waals surface area contributed by atoms with E-state index in [-0.39, 0.29) is 34.5 Å². The molecule has 0 aliphatic carbocycles. The zero-order valence-corrected chi connectivity index (χ0v) is 11.5. The van der Waals surface area contributed by atoms with Crippen LogP contribution < -0.4 is 14.8 Å². The first kappa shape index (κ1) is 12.9. The van der Waals surface area contributed by atoms with E-state index in [2.05, 4.69) is 10.3 Å². The molecule has 0 bridgehead atoms. The van der Waals surface area contributed by atoms with Gasteiger partial charge < -0.3 is 14.6 Å². The summed E-state index contributed by atoms with van der Waals surface area (Å²) >= 11 is 2.10. The predicted octanol–water partition coefficient (Wildman–Crippen LogP) is 1.93. The summed E-state index contributed by atoms with van der Waals surface area (Å²) in [7, 11) is 0. The van der Waals surface area contributed by atoms with Gasteiger partial charge in [-0.1, -0.05) is 0 Å². The highest BCUT2D eigenvalue weighted by molar-refractivity contribution is 7.17. The second kappa shape index (κ2) is 5.10. The molecule has 0 radical (unpaired) electrons. The number of amides is 1. The Balaban J connectivity index is 1.96. The number of aromatic carboxylic acids is 1. The van der Waals surface area contributed by atoms with Crippen LogP contribution in [0.3, 0.4) is 0 Å². The smallest absolute Gasteiger partial charge is 0.349 e. The lowest BCUT2D eigenvalue weighted by atomic mass is 10.3. The second-order valence-corrected chi connectivity index (χ2v) is 5.63. The Hall–Kier alpha value is -2.13. The molecule has 1 amide bonds. The van der Waals surface area contributed by atoms with Crippen LogP contribution in [0.1, 0.15) is 19.3 Å². The summed E-state index contributed by atoms with van der Waals surface area (Å²) in [5, 5.41) is 13.9. The lowest BCUT2D eigenvalue weighted by molar-refractivity contribution is 0.0692. The zero-order chi connectivity index (χ0) is 14.1. The second-order valence-electron chi connectivity index (χ2n) is 3.71. The van der Waals surface area contributed by atoms with Crippen molar-refractivity contribution in [2.75, 3.05) is 18.5 Å². The Morgan fingerprint density at radius 1 is 1.25 bits per heavy atom. The molecule has 2 N–H and O–H groups in total. The Labute approximate surface area is 120 Å². The predicted molar refractivity (Wildman–Crippen MR) is 72.3 cm³/mol. The molecule has 0 saturated heterocycles. The van der Waals surface area contributed by atoms with E-state index in [0.29, 0.717) is 5.13 Å². The van der Waals surface area contributed by atoms with Crippen molar-refractivity contribution in [3.8, 4) is 11.5 Å². The first-order valence-electron chi connectivity index (χ1n) is 5.53. The van der Waals surface area contributed by atoms with Gasteiger partial charge >= 0.3 is 5.97 Å². The summed E-state index contributed by atoms with van der Waals surface area (Å²) in [4.78, 5) is 27.4. The Kier molecular flexibility index (Phi) is 3.28. The molecule has 104 valence electrons. The van der Waals surface area contributed by atoms with Gasteiger partial charge in [-0.3, -0.25) is 10.1 Å². The van der Waals surface area contributed by atoms with Crippen molar-refractivity contribution in [2.24, 2.45) is 0 Å². The lowest BCUT2D eigenvalue weighted by Crippen LogP contribution is -2.18. The summed E-state index contributed by atoms with van der Waals surface area (Å²) < 4.78 is 10.7. The number of hydrogen-bond donors (Lipinski definition) is 2. The number of thiophene rings is 1. The highest BCUT2D eigenvalue weighted by atomic mass is 32.1. The average Bonchev–Trinajstić information content (AvgIpc) is 3.05. The minimum absolute atomic E-state index is 0.0380. The topological polar surface area (TPSA) is 97.8 Å². The number of ether oxygens (including phenoxy) is 2. The molecule has 2 aromatic heterocycles. The standard InChI is InChI=1S/C11H8N2O5S2/c14-9(13-11-12-1-4-19-11)7-5-6(18-3-2-17-5)8(20-7)10(15)16/h1,4H,2-3H2,(H,15,16)(H,12,13,14). The van der Waals surface area contributed by atoms with Gasteiger partial charge in [0, 0.05) is 11.6 Å². The van der Waals surface area contributed by atoms with Gasteiger partial charge in [-0.2, -0.15) is 0 Å². The van der Waals surface area contributed by atoms with Crippen LogP contribution in [-0.4, -0.2) is 35.2 Å². The monoisotopic (exact) mass is 312 g/mol. The molecule has 1 aliphatic rings. The number of aromatic nitrogens is 1. The molecule has 0 aromatic carbocycles. The molecule has 3 heterocycles. The number of nitrogens with one attached hydrogen (secondary N) is 1. The first-order valence-corrected chi connectivity index (χ1v) is 7.23. The van der Waals surface area contributed by atoms with Gasteiger partial charge in [-0.15, -0.1) is 22.7 Å². The molecule has 1 aliphatic heterocycles. The van der Waals surface area contributed by atoms with Gasteiger partial charge in [-0.25, -0.2) is 9.78 Å². The molecule has 2 aromatic rings. The van der Waals surface area contributed by atoms with E-state index in [1.54, 1.807) is 11.6 Å². The number of carbonyl (C=O) groups is 2. The minimum atomic E-state index is -1.15. The van der Waals surface area contributed by atoms with E-state index in [1.807, 2.05) is 0 Å². The van der Waals surface area contributed by atoms with E-state index < -0.39 is 11.9 Å². The van der Waals surface area contributed by atoms with Crippen LogP contribution in [0, 0.1) is 0 Å².